The van der Waals surface area contributed by atoms with E-state index in [4.69, 9.17) is 14.2 Å². The van der Waals surface area contributed by atoms with E-state index in [-0.39, 0.29) is 0 Å². The van der Waals surface area contributed by atoms with E-state index in [1.54, 1.807) is 7.11 Å². The van der Waals surface area contributed by atoms with Crippen molar-refractivity contribution in [2.24, 2.45) is 5.92 Å². The highest BCUT2D eigenvalue weighted by Crippen LogP contribution is 2.26. The van der Waals surface area contributed by atoms with E-state index in [2.05, 4.69) is 25.2 Å². The third kappa shape index (κ3) is 5.21. The van der Waals surface area contributed by atoms with Crippen molar-refractivity contribution >= 4 is 0 Å². The molecule has 0 amide bonds. The molecule has 21 heavy (non-hydrogen) atoms. The van der Waals surface area contributed by atoms with Crippen LogP contribution >= 0.6 is 0 Å². The molecule has 1 heterocycles. The fourth-order valence-electron chi connectivity index (χ4n) is 2.38. The van der Waals surface area contributed by atoms with Gasteiger partial charge in [0.1, 0.15) is 11.5 Å². The van der Waals surface area contributed by atoms with Gasteiger partial charge in [-0.15, -0.1) is 0 Å². The lowest BCUT2D eigenvalue weighted by Gasteiger charge is -2.23. The van der Waals surface area contributed by atoms with Gasteiger partial charge in [-0.2, -0.15) is 0 Å². The molecule has 0 radical (unpaired) electrons. The maximum Gasteiger partial charge on any atom is 0.127 e. The van der Waals surface area contributed by atoms with Crippen LogP contribution in [0.25, 0.3) is 0 Å². The van der Waals surface area contributed by atoms with Gasteiger partial charge in [-0.05, 0) is 24.8 Å². The zero-order valence-corrected chi connectivity index (χ0v) is 13.4. The molecule has 118 valence electrons. The molecule has 4 nitrogen and oxygen atoms in total. The molecule has 1 N–H and O–H groups in total. The van der Waals surface area contributed by atoms with Gasteiger partial charge < -0.3 is 19.5 Å². The van der Waals surface area contributed by atoms with E-state index >= 15 is 0 Å². The Labute approximate surface area is 127 Å². The predicted octanol–water partition coefficient (Wildman–Crippen LogP) is 3.00. The van der Waals surface area contributed by atoms with Crippen molar-refractivity contribution in [1.29, 1.82) is 0 Å². The van der Waals surface area contributed by atoms with Crippen LogP contribution in [0.5, 0.6) is 11.5 Å². The molecule has 0 aromatic heterocycles. The molecule has 2 rings (SSSR count). The van der Waals surface area contributed by atoms with Crippen LogP contribution in [-0.2, 0) is 11.3 Å². The number of ether oxygens (including phenoxy) is 3. The van der Waals surface area contributed by atoms with Crippen molar-refractivity contribution in [1.82, 2.24) is 5.32 Å². The molecule has 1 aliphatic rings. The standard InChI is InChI=1S/C17H27NO3/c1-13(2)18-11-15-4-5-16(19-3)10-17(15)21-12-14-6-8-20-9-7-14/h4-5,10,13-14,18H,6-9,11-12H2,1-3H3. The molecule has 1 aromatic rings. The van der Waals surface area contributed by atoms with Gasteiger partial charge in [0, 0.05) is 37.4 Å². The molecule has 4 heteroatoms. The number of hydrogen-bond donors (Lipinski definition) is 1. The van der Waals surface area contributed by atoms with Gasteiger partial charge in [-0.3, -0.25) is 0 Å². The summed E-state index contributed by atoms with van der Waals surface area (Å²) in [7, 11) is 1.68. The molecule has 0 spiro atoms. The lowest BCUT2D eigenvalue weighted by atomic mass is 10.0. The average Bonchev–Trinajstić information content (AvgIpc) is 2.52. The Bertz CT molecular complexity index is 428. The van der Waals surface area contributed by atoms with Crippen molar-refractivity contribution < 1.29 is 14.2 Å². The zero-order chi connectivity index (χ0) is 15.1. The van der Waals surface area contributed by atoms with Crippen LogP contribution in [0.2, 0.25) is 0 Å². The maximum absolute atomic E-state index is 6.08. The first-order valence-electron chi connectivity index (χ1n) is 7.80. The fraction of sp³-hybridized carbons (Fsp3) is 0.647. The predicted molar refractivity (Wildman–Crippen MR) is 84.0 cm³/mol. The number of hydrogen-bond acceptors (Lipinski definition) is 4. The largest absolute Gasteiger partial charge is 0.497 e. The lowest BCUT2D eigenvalue weighted by Crippen LogP contribution is -2.24. The van der Waals surface area contributed by atoms with Crippen molar-refractivity contribution in [3.63, 3.8) is 0 Å². The smallest absolute Gasteiger partial charge is 0.127 e. The summed E-state index contributed by atoms with van der Waals surface area (Å²) in [6.07, 6.45) is 2.17. The van der Waals surface area contributed by atoms with Crippen LogP contribution in [0.4, 0.5) is 0 Å². The van der Waals surface area contributed by atoms with Crippen molar-refractivity contribution in [2.75, 3.05) is 26.9 Å². The van der Waals surface area contributed by atoms with E-state index in [1.807, 2.05) is 12.1 Å². The lowest BCUT2D eigenvalue weighted by molar-refractivity contribution is 0.0495. The van der Waals surface area contributed by atoms with Crippen molar-refractivity contribution in [3.05, 3.63) is 23.8 Å². The summed E-state index contributed by atoms with van der Waals surface area (Å²) in [5.41, 5.74) is 1.18. The topological polar surface area (TPSA) is 39.7 Å². The van der Waals surface area contributed by atoms with E-state index in [0.29, 0.717) is 12.0 Å². The monoisotopic (exact) mass is 293 g/mol. The SMILES string of the molecule is COc1ccc(CNC(C)C)c(OCC2CCOCC2)c1. The average molecular weight is 293 g/mol. The Morgan fingerprint density at radius 1 is 1.29 bits per heavy atom. The summed E-state index contributed by atoms with van der Waals surface area (Å²) in [5.74, 6) is 2.36. The summed E-state index contributed by atoms with van der Waals surface area (Å²) in [6, 6.07) is 6.50. The maximum atomic E-state index is 6.08. The minimum Gasteiger partial charge on any atom is -0.497 e. The molecule has 0 bridgehead atoms. The number of nitrogens with one attached hydrogen (secondary N) is 1. The molecule has 0 unspecified atom stereocenters. The summed E-state index contributed by atoms with van der Waals surface area (Å²) in [6.45, 7) is 7.57. The zero-order valence-electron chi connectivity index (χ0n) is 13.4. The third-order valence-corrected chi connectivity index (χ3v) is 3.79. The highest BCUT2D eigenvalue weighted by atomic mass is 16.5. The van der Waals surface area contributed by atoms with Gasteiger partial charge in [0.15, 0.2) is 0 Å². The van der Waals surface area contributed by atoms with Crippen molar-refractivity contribution in [2.45, 2.75) is 39.3 Å². The van der Waals surface area contributed by atoms with Crippen LogP contribution < -0.4 is 14.8 Å². The van der Waals surface area contributed by atoms with Crippen LogP contribution in [0.15, 0.2) is 18.2 Å². The fourth-order valence-corrected chi connectivity index (χ4v) is 2.38. The van der Waals surface area contributed by atoms with E-state index in [1.165, 1.54) is 5.56 Å². The molecule has 1 saturated heterocycles. The second-order valence-electron chi connectivity index (χ2n) is 5.88. The quantitative estimate of drug-likeness (QED) is 0.839. The van der Waals surface area contributed by atoms with Gasteiger partial charge in [0.25, 0.3) is 0 Å². The van der Waals surface area contributed by atoms with E-state index in [0.717, 1.165) is 50.7 Å². The molecule has 0 aliphatic carbocycles. The Kier molecular flexibility index (Phi) is 6.33. The molecule has 0 saturated carbocycles. The van der Waals surface area contributed by atoms with Crippen LogP contribution in [-0.4, -0.2) is 33.0 Å². The highest BCUT2D eigenvalue weighted by molar-refractivity contribution is 5.40. The van der Waals surface area contributed by atoms with Crippen LogP contribution in [0.1, 0.15) is 32.3 Å². The van der Waals surface area contributed by atoms with Gasteiger partial charge in [-0.1, -0.05) is 19.9 Å². The Morgan fingerprint density at radius 3 is 2.71 bits per heavy atom. The number of benzene rings is 1. The second-order valence-corrected chi connectivity index (χ2v) is 5.88. The number of methoxy groups -OCH3 is 1. The summed E-state index contributed by atoms with van der Waals surface area (Å²) in [4.78, 5) is 0. The Morgan fingerprint density at radius 2 is 2.05 bits per heavy atom. The van der Waals surface area contributed by atoms with E-state index in [9.17, 15) is 0 Å². The molecule has 1 aromatic carbocycles. The van der Waals surface area contributed by atoms with Crippen LogP contribution in [0.3, 0.4) is 0 Å². The number of rotatable bonds is 7. The third-order valence-electron chi connectivity index (χ3n) is 3.79. The van der Waals surface area contributed by atoms with Gasteiger partial charge in [-0.25, -0.2) is 0 Å². The minimum atomic E-state index is 0.454. The Balaban J connectivity index is 1.99. The highest BCUT2D eigenvalue weighted by Gasteiger charge is 2.15. The Hall–Kier alpha value is -1.26. The van der Waals surface area contributed by atoms with E-state index < -0.39 is 0 Å². The van der Waals surface area contributed by atoms with Crippen molar-refractivity contribution in [3.8, 4) is 11.5 Å². The minimum absolute atomic E-state index is 0.454. The molecule has 1 aliphatic heterocycles. The van der Waals surface area contributed by atoms with Gasteiger partial charge in [0.05, 0.1) is 13.7 Å². The molecule has 1 fully saturated rings. The summed E-state index contributed by atoms with van der Waals surface area (Å²) in [5, 5.41) is 3.44. The first kappa shape index (κ1) is 16.1. The molecular weight excluding hydrogens is 266 g/mol. The first-order valence-corrected chi connectivity index (χ1v) is 7.80. The van der Waals surface area contributed by atoms with Gasteiger partial charge in [0.2, 0.25) is 0 Å². The summed E-state index contributed by atoms with van der Waals surface area (Å²) < 4.78 is 16.8. The molecular formula is C17H27NO3. The summed E-state index contributed by atoms with van der Waals surface area (Å²) >= 11 is 0. The second kappa shape index (κ2) is 8.25. The normalized spacial score (nSPS) is 16.2. The van der Waals surface area contributed by atoms with Gasteiger partial charge >= 0.3 is 0 Å². The van der Waals surface area contributed by atoms with Crippen LogP contribution in [0, 0.1) is 5.92 Å². The molecule has 0 atom stereocenters. The first-order chi connectivity index (χ1) is 10.2.